The van der Waals surface area contributed by atoms with E-state index in [1.807, 2.05) is 60.5 Å². The molecule has 0 saturated carbocycles. The molecule has 2 atom stereocenters. The minimum atomic E-state index is 0.126. The summed E-state index contributed by atoms with van der Waals surface area (Å²) >= 11 is 0. The lowest BCUT2D eigenvalue weighted by atomic mass is 9.90. The lowest BCUT2D eigenvalue weighted by Gasteiger charge is -2.15. The maximum atomic E-state index is 5.73. The van der Waals surface area contributed by atoms with Crippen molar-refractivity contribution < 1.29 is 4.52 Å². The van der Waals surface area contributed by atoms with Crippen LogP contribution in [-0.2, 0) is 13.6 Å². The van der Waals surface area contributed by atoms with Crippen molar-refractivity contribution in [2.75, 3.05) is 13.1 Å². The van der Waals surface area contributed by atoms with Gasteiger partial charge in [-0.05, 0) is 11.6 Å². The minimum absolute atomic E-state index is 0.126. The van der Waals surface area contributed by atoms with Gasteiger partial charge in [-0.1, -0.05) is 41.6 Å². The highest BCUT2D eigenvalue weighted by Crippen LogP contribution is 2.39. The zero-order valence-electron chi connectivity index (χ0n) is 16.2. The molecule has 3 aromatic heterocycles. The molecule has 0 aliphatic carbocycles. The standard InChI is InChI=1S/C22H22N6O/c1-27-12-16(10-24-27)13-28-14-19(18-8-5-9-23-11-18)20(15-28)22-25-21(26-29-22)17-6-3-2-4-7-17/h2-12,19-20H,13-15H2,1H3/t19-,20+/m0/s1. The molecular weight excluding hydrogens is 364 g/mol. The molecule has 5 rings (SSSR count). The summed E-state index contributed by atoms with van der Waals surface area (Å²) in [6.45, 7) is 2.61. The summed E-state index contributed by atoms with van der Waals surface area (Å²) in [7, 11) is 1.94. The number of hydrogen-bond acceptors (Lipinski definition) is 6. The van der Waals surface area contributed by atoms with E-state index in [1.165, 1.54) is 11.1 Å². The molecule has 1 fully saturated rings. The number of pyridine rings is 1. The van der Waals surface area contributed by atoms with Crippen LogP contribution in [0.2, 0.25) is 0 Å². The van der Waals surface area contributed by atoms with Gasteiger partial charge in [-0.3, -0.25) is 14.6 Å². The Labute approximate surface area is 169 Å². The van der Waals surface area contributed by atoms with Crippen molar-refractivity contribution in [2.24, 2.45) is 7.05 Å². The van der Waals surface area contributed by atoms with Crippen LogP contribution in [-0.4, -0.2) is 42.9 Å². The zero-order valence-corrected chi connectivity index (χ0v) is 16.2. The first-order chi connectivity index (χ1) is 14.3. The van der Waals surface area contributed by atoms with E-state index in [-0.39, 0.29) is 11.8 Å². The summed E-state index contributed by atoms with van der Waals surface area (Å²) in [6, 6.07) is 14.1. The van der Waals surface area contributed by atoms with Gasteiger partial charge in [0.15, 0.2) is 0 Å². The molecule has 1 aromatic carbocycles. The van der Waals surface area contributed by atoms with E-state index in [2.05, 4.69) is 32.4 Å². The lowest BCUT2D eigenvalue weighted by molar-refractivity contribution is 0.309. The maximum absolute atomic E-state index is 5.73. The molecule has 0 amide bonds. The Hall–Kier alpha value is -3.32. The molecule has 1 saturated heterocycles. The highest BCUT2D eigenvalue weighted by atomic mass is 16.5. The van der Waals surface area contributed by atoms with Gasteiger partial charge in [-0.25, -0.2) is 0 Å². The molecule has 1 aliphatic rings. The van der Waals surface area contributed by atoms with Crippen molar-refractivity contribution >= 4 is 0 Å². The molecule has 7 nitrogen and oxygen atoms in total. The number of rotatable bonds is 5. The summed E-state index contributed by atoms with van der Waals surface area (Å²) < 4.78 is 7.57. The predicted molar refractivity (Wildman–Crippen MR) is 108 cm³/mol. The fourth-order valence-corrected chi connectivity index (χ4v) is 4.10. The van der Waals surface area contributed by atoms with E-state index in [0.717, 1.165) is 25.2 Å². The van der Waals surface area contributed by atoms with Gasteiger partial charge in [-0.2, -0.15) is 10.1 Å². The quantitative estimate of drug-likeness (QED) is 0.524. The van der Waals surface area contributed by atoms with Crippen LogP contribution in [0.5, 0.6) is 0 Å². The molecule has 0 radical (unpaired) electrons. The van der Waals surface area contributed by atoms with E-state index in [1.54, 1.807) is 6.20 Å². The first-order valence-electron chi connectivity index (χ1n) is 9.75. The second kappa shape index (κ2) is 7.60. The van der Waals surface area contributed by atoms with Crippen LogP contribution in [0.15, 0.2) is 71.8 Å². The monoisotopic (exact) mass is 386 g/mol. The van der Waals surface area contributed by atoms with Crippen LogP contribution in [0.1, 0.15) is 28.9 Å². The number of aryl methyl sites for hydroxylation is 1. The van der Waals surface area contributed by atoms with E-state index >= 15 is 0 Å². The summed E-state index contributed by atoms with van der Waals surface area (Å²) in [4.78, 5) is 11.5. The Morgan fingerprint density at radius 2 is 1.90 bits per heavy atom. The molecule has 0 unspecified atom stereocenters. The second-order valence-electron chi connectivity index (χ2n) is 7.54. The van der Waals surface area contributed by atoms with E-state index in [0.29, 0.717) is 11.7 Å². The zero-order chi connectivity index (χ0) is 19.6. The smallest absolute Gasteiger partial charge is 0.232 e. The second-order valence-corrected chi connectivity index (χ2v) is 7.54. The van der Waals surface area contributed by atoms with Crippen LogP contribution >= 0.6 is 0 Å². The number of nitrogens with zero attached hydrogens (tertiary/aromatic N) is 6. The van der Waals surface area contributed by atoms with Crippen LogP contribution < -0.4 is 0 Å². The molecule has 4 aromatic rings. The third kappa shape index (κ3) is 3.69. The summed E-state index contributed by atoms with van der Waals surface area (Å²) in [6.07, 6.45) is 7.74. The average molecular weight is 386 g/mol. The van der Waals surface area contributed by atoms with Gasteiger partial charge < -0.3 is 4.52 Å². The third-order valence-electron chi connectivity index (χ3n) is 5.46. The van der Waals surface area contributed by atoms with Crippen molar-refractivity contribution in [3.05, 3.63) is 84.3 Å². The topological polar surface area (TPSA) is 72.9 Å². The summed E-state index contributed by atoms with van der Waals surface area (Å²) in [5.41, 5.74) is 3.37. The highest BCUT2D eigenvalue weighted by molar-refractivity contribution is 5.53. The molecule has 1 aliphatic heterocycles. The predicted octanol–water partition coefficient (Wildman–Crippen LogP) is 3.25. The van der Waals surface area contributed by atoms with E-state index in [9.17, 15) is 0 Å². The Morgan fingerprint density at radius 1 is 1.03 bits per heavy atom. The molecule has 4 heterocycles. The van der Waals surface area contributed by atoms with Crippen molar-refractivity contribution in [1.82, 2.24) is 29.8 Å². The first-order valence-corrected chi connectivity index (χ1v) is 9.75. The largest absolute Gasteiger partial charge is 0.339 e. The summed E-state index contributed by atoms with van der Waals surface area (Å²) in [5, 5.41) is 8.53. The fraction of sp³-hybridized carbons (Fsp3) is 0.273. The van der Waals surface area contributed by atoms with Gasteiger partial charge in [0.1, 0.15) is 0 Å². The van der Waals surface area contributed by atoms with Crippen molar-refractivity contribution in [3.63, 3.8) is 0 Å². The maximum Gasteiger partial charge on any atom is 0.232 e. The van der Waals surface area contributed by atoms with Gasteiger partial charge in [-0.15, -0.1) is 0 Å². The third-order valence-corrected chi connectivity index (χ3v) is 5.46. The van der Waals surface area contributed by atoms with Gasteiger partial charge in [0.05, 0.1) is 12.1 Å². The van der Waals surface area contributed by atoms with Gasteiger partial charge in [0, 0.05) is 62.3 Å². The molecule has 146 valence electrons. The number of likely N-dealkylation sites (tertiary alicyclic amines) is 1. The van der Waals surface area contributed by atoms with Crippen LogP contribution in [0.3, 0.4) is 0 Å². The van der Waals surface area contributed by atoms with Gasteiger partial charge >= 0.3 is 0 Å². The van der Waals surface area contributed by atoms with Crippen LogP contribution in [0, 0.1) is 0 Å². The Morgan fingerprint density at radius 3 is 2.66 bits per heavy atom. The van der Waals surface area contributed by atoms with E-state index < -0.39 is 0 Å². The van der Waals surface area contributed by atoms with Crippen LogP contribution in [0.4, 0.5) is 0 Å². The Bertz CT molecular complexity index is 1070. The molecular formula is C22H22N6O. The average Bonchev–Trinajstić information content (AvgIpc) is 3.49. The molecule has 29 heavy (non-hydrogen) atoms. The van der Waals surface area contributed by atoms with Gasteiger partial charge in [0.2, 0.25) is 11.7 Å². The molecule has 0 spiro atoms. The van der Waals surface area contributed by atoms with Gasteiger partial charge in [0.25, 0.3) is 0 Å². The highest BCUT2D eigenvalue weighted by Gasteiger charge is 2.38. The lowest BCUT2D eigenvalue weighted by Crippen LogP contribution is -2.20. The molecule has 0 bridgehead atoms. The number of aromatic nitrogens is 5. The number of hydrogen-bond donors (Lipinski definition) is 0. The normalized spacial score (nSPS) is 19.6. The Kier molecular flexibility index (Phi) is 4.65. The van der Waals surface area contributed by atoms with Crippen LogP contribution in [0.25, 0.3) is 11.4 Å². The SMILES string of the molecule is Cn1cc(CN2C[C@@H](c3cccnc3)[C@H](c3nc(-c4ccccc4)no3)C2)cn1. The fourth-order valence-electron chi connectivity index (χ4n) is 4.10. The summed E-state index contributed by atoms with van der Waals surface area (Å²) in [5.74, 6) is 1.70. The van der Waals surface area contributed by atoms with E-state index in [4.69, 9.17) is 9.51 Å². The van der Waals surface area contributed by atoms with Crippen molar-refractivity contribution in [2.45, 2.75) is 18.4 Å². The molecule has 0 N–H and O–H groups in total. The van der Waals surface area contributed by atoms with Crippen molar-refractivity contribution in [3.8, 4) is 11.4 Å². The first kappa shape index (κ1) is 17.8. The van der Waals surface area contributed by atoms with Crippen molar-refractivity contribution in [1.29, 1.82) is 0 Å². The Balaban J connectivity index is 1.43. The minimum Gasteiger partial charge on any atom is -0.339 e. The number of benzene rings is 1. The molecule has 7 heteroatoms.